The van der Waals surface area contributed by atoms with Crippen LogP contribution in [0.25, 0.3) is 0 Å². The lowest BCUT2D eigenvalue weighted by Gasteiger charge is -2.18. The lowest BCUT2D eigenvalue weighted by Crippen LogP contribution is -2.25. The second-order valence-corrected chi connectivity index (χ2v) is 7.27. The molecule has 0 heterocycles. The first-order chi connectivity index (χ1) is 8.90. The quantitative estimate of drug-likeness (QED) is 0.625. The Morgan fingerprint density at radius 3 is 2.63 bits per heavy atom. The zero-order valence-electron chi connectivity index (χ0n) is 11.9. The zero-order valence-corrected chi connectivity index (χ0v) is 12.8. The molecular weight excluding hydrogens is 256 g/mol. The Kier molecular flexibility index (Phi) is 5.59. The van der Waals surface area contributed by atoms with Crippen LogP contribution in [0.5, 0.6) is 0 Å². The number of benzene rings is 1. The van der Waals surface area contributed by atoms with Crippen molar-refractivity contribution in [1.29, 1.82) is 5.26 Å². The van der Waals surface area contributed by atoms with Crippen LogP contribution in [0, 0.1) is 11.3 Å². The third-order valence-electron chi connectivity index (χ3n) is 2.64. The minimum absolute atomic E-state index is 0.367. The molecule has 0 spiro atoms. The number of hydrogen-bond acceptors (Lipinski definition) is 3. The van der Waals surface area contributed by atoms with Gasteiger partial charge in [0.25, 0.3) is 0 Å². The summed E-state index contributed by atoms with van der Waals surface area (Å²) >= 11 is -1.27. The van der Waals surface area contributed by atoms with Crippen molar-refractivity contribution in [3.8, 4) is 6.07 Å². The Hall–Kier alpha value is -1.31. The molecule has 0 aliphatic heterocycles. The van der Waals surface area contributed by atoms with E-state index in [-0.39, 0.29) is 4.75 Å². The standard InChI is InChI=1S/C15H20N2OS/c1-5-7-14-12(10-16)8-6-9-13(14)11-17-19(18)15(2,3)4/h6,8-9,11H,5,7H2,1-4H3. The minimum atomic E-state index is -1.27. The van der Waals surface area contributed by atoms with Crippen LogP contribution in [-0.2, 0) is 17.8 Å². The number of nitriles is 1. The van der Waals surface area contributed by atoms with Crippen molar-refractivity contribution < 1.29 is 4.55 Å². The van der Waals surface area contributed by atoms with Crippen LogP contribution in [-0.4, -0.2) is 15.5 Å². The Bertz CT molecular complexity index is 498. The van der Waals surface area contributed by atoms with Crippen LogP contribution in [0.1, 0.15) is 50.8 Å². The van der Waals surface area contributed by atoms with E-state index in [0.29, 0.717) is 5.56 Å². The summed E-state index contributed by atoms with van der Waals surface area (Å²) in [5.41, 5.74) is 2.55. The Labute approximate surface area is 118 Å². The third kappa shape index (κ3) is 4.38. The van der Waals surface area contributed by atoms with Crippen molar-refractivity contribution in [1.82, 2.24) is 0 Å². The van der Waals surface area contributed by atoms with Crippen molar-refractivity contribution in [3.05, 3.63) is 34.9 Å². The van der Waals surface area contributed by atoms with Gasteiger partial charge in [0.2, 0.25) is 0 Å². The van der Waals surface area contributed by atoms with Crippen molar-refractivity contribution in [2.24, 2.45) is 4.40 Å². The molecule has 1 rings (SSSR count). The van der Waals surface area contributed by atoms with Gasteiger partial charge in [-0.2, -0.15) is 5.26 Å². The van der Waals surface area contributed by atoms with E-state index in [2.05, 4.69) is 17.4 Å². The van der Waals surface area contributed by atoms with Crippen LogP contribution >= 0.6 is 0 Å². The molecule has 0 bridgehead atoms. The van der Waals surface area contributed by atoms with E-state index in [0.717, 1.165) is 24.0 Å². The van der Waals surface area contributed by atoms with Crippen molar-refractivity contribution >= 4 is 17.6 Å². The Morgan fingerprint density at radius 2 is 2.11 bits per heavy atom. The normalized spacial score (nSPS) is 13.5. The van der Waals surface area contributed by atoms with Gasteiger partial charge in [0, 0.05) is 5.56 Å². The molecule has 1 aromatic carbocycles. The van der Waals surface area contributed by atoms with Gasteiger partial charge in [0.15, 0.2) is 0 Å². The maximum atomic E-state index is 11.9. The van der Waals surface area contributed by atoms with Gasteiger partial charge >= 0.3 is 0 Å². The van der Waals surface area contributed by atoms with Crippen molar-refractivity contribution in [3.63, 3.8) is 0 Å². The lowest BCUT2D eigenvalue weighted by atomic mass is 9.98. The monoisotopic (exact) mass is 276 g/mol. The summed E-state index contributed by atoms with van der Waals surface area (Å²) in [6.45, 7) is 7.74. The van der Waals surface area contributed by atoms with E-state index in [1.165, 1.54) is 0 Å². The molecule has 1 unspecified atom stereocenters. The molecule has 0 aliphatic rings. The van der Waals surface area contributed by atoms with Gasteiger partial charge in [-0.3, -0.25) is 0 Å². The highest BCUT2D eigenvalue weighted by atomic mass is 32.2. The predicted molar refractivity (Wildman–Crippen MR) is 80.6 cm³/mol. The first kappa shape index (κ1) is 15.7. The van der Waals surface area contributed by atoms with Gasteiger partial charge < -0.3 is 4.55 Å². The highest BCUT2D eigenvalue weighted by molar-refractivity contribution is 7.91. The second-order valence-electron chi connectivity index (χ2n) is 5.33. The molecule has 0 saturated heterocycles. The molecule has 0 aliphatic carbocycles. The number of rotatable bonds is 4. The van der Waals surface area contributed by atoms with E-state index < -0.39 is 11.4 Å². The largest absolute Gasteiger partial charge is 0.591 e. The first-order valence-electron chi connectivity index (χ1n) is 6.38. The van der Waals surface area contributed by atoms with Crippen LogP contribution < -0.4 is 0 Å². The number of nitrogens with zero attached hydrogens (tertiary/aromatic N) is 2. The van der Waals surface area contributed by atoms with Gasteiger partial charge in [-0.1, -0.05) is 29.9 Å². The van der Waals surface area contributed by atoms with Gasteiger partial charge in [-0.25, -0.2) is 0 Å². The van der Waals surface area contributed by atoms with Gasteiger partial charge in [0.1, 0.15) is 16.1 Å². The highest BCUT2D eigenvalue weighted by Crippen LogP contribution is 2.19. The molecule has 0 radical (unpaired) electrons. The number of hydrogen-bond donors (Lipinski definition) is 0. The fourth-order valence-electron chi connectivity index (χ4n) is 1.62. The summed E-state index contributed by atoms with van der Waals surface area (Å²) in [4.78, 5) is 0. The fourth-order valence-corrected chi connectivity index (χ4v) is 2.15. The average molecular weight is 276 g/mol. The van der Waals surface area contributed by atoms with Gasteiger partial charge in [-0.05, 0) is 38.8 Å². The van der Waals surface area contributed by atoms with Crippen LogP contribution in [0.15, 0.2) is 22.6 Å². The second kappa shape index (κ2) is 6.74. The van der Waals surface area contributed by atoms with Crippen molar-refractivity contribution in [2.75, 3.05) is 0 Å². The summed E-state index contributed by atoms with van der Waals surface area (Å²) < 4.78 is 15.7. The molecule has 0 fully saturated rings. The maximum Gasteiger partial charge on any atom is 0.144 e. The average Bonchev–Trinajstić information content (AvgIpc) is 2.36. The summed E-state index contributed by atoms with van der Waals surface area (Å²) in [7, 11) is 0. The third-order valence-corrected chi connectivity index (χ3v) is 3.99. The Balaban J connectivity index is 3.08. The molecule has 1 atom stereocenters. The van der Waals surface area contributed by atoms with E-state index in [1.807, 2.05) is 39.0 Å². The molecule has 102 valence electrons. The summed E-state index contributed by atoms with van der Waals surface area (Å²) in [6, 6.07) is 7.75. The summed E-state index contributed by atoms with van der Waals surface area (Å²) in [5, 5.41) is 9.12. The highest BCUT2D eigenvalue weighted by Gasteiger charge is 2.25. The molecule has 0 saturated carbocycles. The summed E-state index contributed by atoms with van der Waals surface area (Å²) in [5.74, 6) is 0. The topological polar surface area (TPSA) is 59.2 Å². The Morgan fingerprint density at radius 1 is 1.42 bits per heavy atom. The van der Waals surface area contributed by atoms with Crippen molar-refractivity contribution in [2.45, 2.75) is 45.3 Å². The first-order valence-corrected chi connectivity index (χ1v) is 7.49. The SMILES string of the molecule is CCCc1c(C#N)cccc1C=N[S+]([O-])C(C)(C)C. The van der Waals surface area contributed by atoms with Crippen LogP contribution in [0.4, 0.5) is 0 Å². The van der Waals surface area contributed by atoms with Gasteiger partial charge in [0.05, 0.1) is 17.8 Å². The van der Waals surface area contributed by atoms with E-state index in [4.69, 9.17) is 5.26 Å². The van der Waals surface area contributed by atoms with E-state index >= 15 is 0 Å². The molecule has 0 N–H and O–H groups in total. The molecule has 3 nitrogen and oxygen atoms in total. The zero-order chi connectivity index (χ0) is 14.5. The predicted octanol–water partition coefficient (Wildman–Crippen LogP) is 3.39. The maximum absolute atomic E-state index is 11.9. The molecule has 0 amide bonds. The molecule has 19 heavy (non-hydrogen) atoms. The van der Waals surface area contributed by atoms with Gasteiger partial charge in [-0.15, -0.1) is 0 Å². The van der Waals surface area contributed by atoms with E-state index in [9.17, 15) is 4.55 Å². The lowest BCUT2D eigenvalue weighted by molar-refractivity contribution is 0.562. The minimum Gasteiger partial charge on any atom is -0.591 e. The molecule has 1 aromatic rings. The van der Waals surface area contributed by atoms with E-state index in [1.54, 1.807) is 6.21 Å². The fraction of sp³-hybridized carbons (Fsp3) is 0.467. The molecule has 4 heteroatoms. The smallest absolute Gasteiger partial charge is 0.144 e. The molecular formula is C15H20N2OS. The summed E-state index contributed by atoms with van der Waals surface area (Å²) in [6.07, 6.45) is 3.42. The molecule has 0 aromatic heterocycles. The van der Waals surface area contributed by atoms with Crippen LogP contribution in [0.2, 0.25) is 0 Å². The van der Waals surface area contributed by atoms with Crippen LogP contribution in [0.3, 0.4) is 0 Å².